The molecule has 0 aromatic heterocycles. The lowest BCUT2D eigenvalue weighted by atomic mass is 10.1. The number of primary amides is 1. The van der Waals surface area contributed by atoms with Gasteiger partial charge in [-0.05, 0) is 6.42 Å². The zero-order valence-corrected chi connectivity index (χ0v) is 14.6. The molecule has 0 heterocycles. The first-order valence-corrected chi connectivity index (χ1v) is 10.2. The molecule has 0 aliphatic heterocycles. The predicted octanol–water partition coefficient (Wildman–Crippen LogP) is 3.44. The predicted molar refractivity (Wildman–Crippen MR) is 88.9 cm³/mol. The lowest BCUT2D eigenvalue weighted by Crippen LogP contribution is -2.28. The van der Waals surface area contributed by atoms with Gasteiger partial charge >= 0.3 is 0 Å². The number of carbonyl (C=O) groups excluding carboxylic acids is 1. The smallest absolute Gasteiger partial charge is 0.221 e. The van der Waals surface area contributed by atoms with Crippen molar-refractivity contribution < 1.29 is 13.2 Å². The molecule has 0 aliphatic carbocycles. The first-order valence-electron chi connectivity index (χ1n) is 8.38. The molecule has 0 aromatic rings. The molecule has 0 aliphatic rings. The van der Waals surface area contributed by atoms with Gasteiger partial charge in [0.2, 0.25) is 5.91 Å². The zero-order chi connectivity index (χ0) is 16.1. The lowest BCUT2D eigenvalue weighted by molar-refractivity contribution is -0.120. The number of nitrogens with two attached hydrogens (primary N) is 1. The molecule has 126 valence electrons. The minimum absolute atomic E-state index is 0.111. The topological polar surface area (TPSA) is 77.2 Å². The fourth-order valence-electron chi connectivity index (χ4n) is 2.36. The van der Waals surface area contributed by atoms with Crippen molar-refractivity contribution in [3.05, 3.63) is 0 Å². The Balaban J connectivity index is 3.51. The lowest BCUT2D eigenvalue weighted by Gasteiger charge is -2.08. The van der Waals surface area contributed by atoms with E-state index in [1.54, 1.807) is 6.92 Å². The molecule has 21 heavy (non-hydrogen) atoms. The Morgan fingerprint density at radius 2 is 1.33 bits per heavy atom. The number of rotatable bonds is 14. The van der Waals surface area contributed by atoms with E-state index in [0.717, 1.165) is 12.8 Å². The number of unbranched alkanes of at least 4 members (excludes halogenated alkanes) is 9. The first-order chi connectivity index (χ1) is 9.89. The van der Waals surface area contributed by atoms with Crippen molar-refractivity contribution in [2.24, 2.45) is 11.7 Å². The molecule has 0 fully saturated rings. The Morgan fingerprint density at radius 1 is 0.905 bits per heavy atom. The van der Waals surface area contributed by atoms with E-state index in [0.29, 0.717) is 6.42 Å². The maximum atomic E-state index is 11.8. The van der Waals surface area contributed by atoms with Crippen molar-refractivity contribution in [3.63, 3.8) is 0 Å². The van der Waals surface area contributed by atoms with E-state index in [1.807, 2.05) is 0 Å². The van der Waals surface area contributed by atoms with Gasteiger partial charge in [0, 0.05) is 5.92 Å². The van der Waals surface area contributed by atoms with Gasteiger partial charge < -0.3 is 5.73 Å². The minimum Gasteiger partial charge on any atom is -0.369 e. The van der Waals surface area contributed by atoms with Crippen molar-refractivity contribution in [1.29, 1.82) is 0 Å². The van der Waals surface area contributed by atoms with Crippen molar-refractivity contribution in [2.75, 3.05) is 11.5 Å². The third-order valence-corrected chi connectivity index (χ3v) is 5.72. The Hall–Kier alpha value is -0.580. The number of amides is 1. The van der Waals surface area contributed by atoms with Gasteiger partial charge in [-0.15, -0.1) is 0 Å². The fraction of sp³-hybridized carbons (Fsp3) is 0.938. The third-order valence-electron chi connectivity index (χ3n) is 3.80. The Labute approximate surface area is 130 Å². The summed E-state index contributed by atoms with van der Waals surface area (Å²) in [4.78, 5) is 10.9. The highest BCUT2D eigenvalue weighted by Gasteiger charge is 2.19. The molecule has 0 aromatic carbocycles. The van der Waals surface area contributed by atoms with Crippen molar-refractivity contribution in [3.8, 4) is 0 Å². The van der Waals surface area contributed by atoms with Gasteiger partial charge in [-0.1, -0.05) is 71.6 Å². The van der Waals surface area contributed by atoms with Gasteiger partial charge in [-0.25, -0.2) is 8.42 Å². The van der Waals surface area contributed by atoms with E-state index in [4.69, 9.17) is 5.73 Å². The summed E-state index contributed by atoms with van der Waals surface area (Å²) in [5.41, 5.74) is 5.09. The standard InChI is InChI=1S/C16H33NO3S/c1-3-4-5-6-7-8-9-10-11-12-13-21(19,20)14-15(2)16(17)18/h15H,3-14H2,1-2H3,(H2,17,18)/t15-/m0/s1. The van der Waals surface area contributed by atoms with Gasteiger partial charge in [0.25, 0.3) is 0 Å². The molecule has 0 saturated carbocycles. The van der Waals surface area contributed by atoms with Gasteiger partial charge in [-0.2, -0.15) is 0 Å². The zero-order valence-electron chi connectivity index (χ0n) is 13.8. The molecule has 1 amide bonds. The van der Waals surface area contributed by atoms with Crippen molar-refractivity contribution in [1.82, 2.24) is 0 Å². The fourth-order valence-corrected chi connectivity index (χ4v) is 4.09. The van der Waals surface area contributed by atoms with Crippen LogP contribution in [0.3, 0.4) is 0 Å². The van der Waals surface area contributed by atoms with Crippen molar-refractivity contribution >= 4 is 15.7 Å². The number of carbonyl (C=O) groups is 1. The van der Waals surface area contributed by atoms with Crippen LogP contribution in [0.4, 0.5) is 0 Å². The van der Waals surface area contributed by atoms with Crippen LogP contribution in [0.1, 0.15) is 78.1 Å². The number of hydrogen-bond donors (Lipinski definition) is 1. The van der Waals surface area contributed by atoms with Crippen LogP contribution in [-0.4, -0.2) is 25.8 Å². The Morgan fingerprint density at radius 3 is 1.76 bits per heavy atom. The van der Waals surface area contributed by atoms with E-state index >= 15 is 0 Å². The molecular formula is C16H33NO3S. The second-order valence-corrected chi connectivity index (χ2v) is 8.33. The van der Waals surface area contributed by atoms with Crippen LogP contribution in [-0.2, 0) is 14.6 Å². The summed E-state index contributed by atoms with van der Waals surface area (Å²) in [6.45, 7) is 3.79. The van der Waals surface area contributed by atoms with Crippen LogP contribution in [0.15, 0.2) is 0 Å². The van der Waals surface area contributed by atoms with E-state index in [1.165, 1.54) is 44.9 Å². The molecule has 4 nitrogen and oxygen atoms in total. The summed E-state index contributed by atoms with van der Waals surface area (Å²) >= 11 is 0. The molecule has 0 unspecified atom stereocenters. The molecule has 0 spiro atoms. The largest absolute Gasteiger partial charge is 0.369 e. The highest BCUT2D eigenvalue weighted by Crippen LogP contribution is 2.11. The van der Waals surface area contributed by atoms with Gasteiger partial charge in [0.1, 0.15) is 0 Å². The Kier molecular flexibility index (Phi) is 11.7. The Bertz CT molecular complexity index is 366. The third kappa shape index (κ3) is 12.8. The molecule has 5 heteroatoms. The summed E-state index contributed by atoms with van der Waals surface area (Å²) in [5, 5.41) is 0. The minimum atomic E-state index is -3.13. The van der Waals surface area contributed by atoms with E-state index in [-0.39, 0.29) is 11.5 Å². The first kappa shape index (κ1) is 20.4. The van der Waals surface area contributed by atoms with Crippen LogP contribution in [0, 0.1) is 5.92 Å². The summed E-state index contributed by atoms with van der Waals surface area (Å²) in [5.74, 6) is -1.05. The quantitative estimate of drug-likeness (QED) is 0.498. The maximum Gasteiger partial charge on any atom is 0.221 e. The normalized spacial score (nSPS) is 13.2. The number of sulfone groups is 1. The summed E-state index contributed by atoms with van der Waals surface area (Å²) in [6, 6.07) is 0. The van der Waals surface area contributed by atoms with Crippen molar-refractivity contribution in [2.45, 2.75) is 78.1 Å². The molecule has 0 saturated heterocycles. The average molecular weight is 320 g/mol. The molecular weight excluding hydrogens is 286 g/mol. The van der Waals surface area contributed by atoms with Crippen LogP contribution < -0.4 is 5.73 Å². The molecule has 0 radical (unpaired) electrons. The van der Waals surface area contributed by atoms with Crippen LogP contribution in [0.5, 0.6) is 0 Å². The van der Waals surface area contributed by atoms with Crippen LogP contribution >= 0.6 is 0 Å². The van der Waals surface area contributed by atoms with E-state index < -0.39 is 21.7 Å². The molecule has 0 rings (SSSR count). The second-order valence-electron chi connectivity index (χ2n) is 6.10. The van der Waals surface area contributed by atoms with Gasteiger partial charge in [0.15, 0.2) is 9.84 Å². The SMILES string of the molecule is CCCCCCCCCCCCS(=O)(=O)C[C@H](C)C(N)=O. The average Bonchev–Trinajstić information content (AvgIpc) is 2.40. The van der Waals surface area contributed by atoms with Crippen LogP contribution in [0.2, 0.25) is 0 Å². The summed E-state index contributed by atoms with van der Waals surface area (Å²) in [6.07, 6.45) is 11.8. The monoisotopic (exact) mass is 319 g/mol. The number of hydrogen-bond acceptors (Lipinski definition) is 3. The summed E-state index contributed by atoms with van der Waals surface area (Å²) < 4.78 is 23.5. The van der Waals surface area contributed by atoms with Gasteiger partial charge in [0.05, 0.1) is 11.5 Å². The van der Waals surface area contributed by atoms with Crippen LogP contribution in [0.25, 0.3) is 0 Å². The maximum absolute atomic E-state index is 11.8. The van der Waals surface area contributed by atoms with Gasteiger partial charge in [-0.3, -0.25) is 4.79 Å². The second kappa shape index (κ2) is 12.0. The molecule has 1 atom stereocenters. The summed E-state index contributed by atoms with van der Waals surface area (Å²) in [7, 11) is -3.13. The molecule has 2 N–H and O–H groups in total. The van der Waals surface area contributed by atoms with E-state index in [9.17, 15) is 13.2 Å². The highest BCUT2D eigenvalue weighted by atomic mass is 32.2. The molecule has 0 bridgehead atoms. The highest BCUT2D eigenvalue weighted by molar-refractivity contribution is 7.91. The van der Waals surface area contributed by atoms with E-state index in [2.05, 4.69) is 6.92 Å².